The zero-order chi connectivity index (χ0) is 17.4. The maximum absolute atomic E-state index is 12.1. The first-order valence-electron chi connectivity index (χ1n) is 9.76. The summed E-state index contributed by atoms with van der Waals surface area (Å²) in [7, 11) is 0. The van der Waals surface area contributed by atoms with Gasteiger partial charge in [-0.25, -0.2) is 0 Å². The highest BCUT2D eigenvalue weighted by atomic mass is 16.5. The topological polar surface area (TPSA) is 32.8 Å². The summed E-state index contributed by atoms with van der Waals surface area (Å²) in [6, 6.07) is 7.22. The van der Waals surface area contributed by atoms with Crippen molar-refractivity contribution in [3.63, 3.8) is 0 Å². The smallest absolute Gasteiger partial charge is 0.222 e. The molecule has 0 saturated carbocycles. The molecule has 0 unspecified atom stereocenters. The Bertz CT molecular complexity index is 639. The summed E-state index contributed by atoms with van der Waals surface area (Å²) in [6.07, 6.45) is 4.88. The molecule has 25 heavy (non-hydrogen) atoms. The van der Waals surface area contributed by atoms with E-state index in [1.165, 1.54) is 16.7 Å². The molecule has 4 rings (SSSR count). The lowest BCUT2D eigenvalue weighted by molar-refractivity contribution is -0.137. The number of benzene rings is 1. The van der Waals surface area contributed by atoms with Crippen LogP contribution in [0.3, 0.4) is 0 Å². The zero-order valence-electron chi connectivity index (χ0n) is 15.6. The molecule has 4 nitrogen and oxygen atoms in total. The Labute approximate surface area is 151 Å². The maximum atomic E-state index is 12.1. The lowest BCUT2D eigenvalue weighted by atomic mass is 9.89. The maximum Gasteiger partial charge on any atom is 0.222 e. The number of amides is 1. The molecular formula is C21H30N2O2. The first-order valence-corrected chi connectivity index (χ1v) is 9.76. The zero-order valence-corrected chi connectivity index (χ0v) is 15.6. The molecule has 0 aliphatic carbocycles. The van der Waals surface area contributed by atoms with Gasteiger partial charge in [0.25, 0.3) is 0 Å². The highest BCUT2D eigenvalue weighted by Crippen LogP contribution is 2.37. The average Bonchev–Trinajstić information content (AvgIpc) is 3.13. The lowest BCUT2D eigenvalue weighted by Crippen LogP contribution is -2.50. The molecule has 0 N–H and O–H groups in total. The normalized spacial score (nSPS) is 30.6. The van der Waals surface area contributed by atoms with E-state index in [0.717, 1.165) is 64.9 Å². The van der Waals surface area contributed by atoms with Crippen LogP contribution in [0.25, 0.3) is 0 Å². The Balaban J connectivity index is 1.41. The third kappa shape index (κ3) is 3.61. The summed E-state index contributed by atoms with van der Waals surface area (Å²) in [5.41, 5.74) is 4.04. The highest BCUT2D eigenvalue weighted by molar-refractivity contribution is 5.78. The van der Waals surface area contributed by atoms with Crippen LogP contribution < -0.4 is 0 Å². The first kappa shape index (κ1) is 17.0. The van der Waals surface area contributed by atoms with Crippen molar-refractivity contribution in [3.8, 4) is 0 Å². The number of carbonyl (C=O) groups excluding carboxylic acids is 1. The standard InChI is InChI=1S/C21H30N2O2/c1-16-10-17(2)12-18(11-16)14-22-8-6-21(15-22)13-19(5-9-25-21)23-7-3-4-20(23)24/h10-12,19H,3-9,13-15H2,1-2H3/t19-,21-/m1/s1. The Morgan fingerprint density at radius 1 is 1.20 bits per heavy atom. The van der Waals surface area contributed by atoms with Gasteiger partial charge in [0.2, 0.25) is 5.91 Å². The Hall–Kier alpha value is -1.39. The molecule has 3 aliphatic heterocycles. The molecule has 0 bridgehead atoms. The quantitative estimate of drug-likeness (QED) is 0.846. The van der Waals surface area contributed by atoms with E-state index in [1.807, 2.05) is 0 Å². The van der Waals surface area contributed by atoms with Gasteiger partial charge in [0.05, 0.1) is 5.60 Å². The molecule has 0 radical (unpaired) electrons. The number of likely N-dealkylation sites (tertiary alicyclic amines) is 2. The van der Waals surface area contributed by atoms with Crippen LogP contribution in [0.15, 0.2) is 18.2 Å². The van der Waals surface area contributed by atoms with Gasteiger partial charge in [-0.2, -0.15) is 0 Å². The van der Waals surface area contributed by atoms with Gasteiger partial charge in [-0.15, -0.1) is 0 Å². The van der Waals surface area contributed by atoms with Gasteiger partial charge in [0, 0.05) is 45.2 Å². The van der Waals surface area contributed by atoms with E-state index in [9.17, 15) is 4.79 Å². The number of ether oxygens (including phenoxy) is 1. The van der Waals surface area contributed by atoms with Crippen LogP contribution >= 0.6 is 0 Å². The largest absolute Gasteiger partial charge is 0.373 e. The number of hydrogen-bond donors (Lipinski definition) is 0. The fourth-order valence-corrected chi connectivity index (χ4v) is 5.09. The van der Waals surface area contributed by atoms with Gasteiger partial charge in [-0.05, 0) is 45.1 Å². The molecule has 3 fully saturated rings. The average molecular weight is 342 g/mol. The van der Waals surface area contributed by atoms with Crippen LogP contribution in [0.5, 0.6) is 0 Å². The Morgan fingerprint density at radius 2 is 2.00 bits per heavy atom. The van der Waals surface area contributed by atoms with Gasteiger partial charge in [-0.1, -0.05) is 29.3 Å². The van der Waals surface area contributed by atoms with Gasteiger partial charge in [-0.3, -0.25) is 9.69 Å². The number of hydrogen-bond acceptors (Lipinski definition) is 3. The van der Waals surface area contributed by atoms with Crippen molar-refractivity contribution in [2.45, 2.75) is 64.1 Å². The van der Waals surface area contributed by atoms with E-state index in [1.54, 1.807) is 0 Å². The molecule has 3 heterocycles. The van der Waals surface area contributed by atoms with E-state index in [4.69, 9.17) is 4.74 Å². The minimum absolute atomic E-state index is 0.0370. The molecule has 2 atom stereocenters. The molecule has 0 aromatic heterocycles. The van der Waals surface area contributed by atoms with E-state index in [-0.39, 0.29) is 5.60 Å². The van der Waals surface area contributed by atoms with Crippen LogP contribution in [0.4, 0.5) is 0 Å². The molecule has 136 valence electrons. The van der Waals surface area contributed by atoms with Crippen LogP contribution in [0, 0.1) is 13.8 Å². The van der Waals surface area contributed by atoms with E-state index in [2.05, 4.69) is 41.8 Å². The van der Waals surface area contributed by atoms with Crippen molar-refractivity contribution < 1.29 is 9.53 Å². The van der Waals surface area contributed by atoms with Crippen LogP contribution in [0.2, 0.25) is 0 Å². The second kappa shape index (κ2) is 6.73. The predicted octanol–water partition coefficient (Wildman–Crippen LogP) is 3.05. The van der Waals surface area contributed by atoms with Crippen molar-refractivity contribution in [2.75, 3.05) is 26.2 Å². The summed E-state index contributed by atoms with van der Waals surface area (Å²) >= 11 is 0. The molecule has 1 spiro atoms. The summed E-state index contributed by atoms with van der Waals surface area (Å²) in [5.74, 6) is 0.354. The molecule has 4 heteroatoms. The molecule has 1 amide bonds. The van der Waals surface area contributed by atoms with Crippen molar-refractivity contribution in [2.24, 2.45) is 0 Å². The van der Waals surface area contributed by atoms with Gasteiger partial charge in [0.1, 0.15) is 0 Å². The summed E-state index contributed by atoms with van der Waals surface area (Å²) in [4.78, 5) is 16.8. The minimum atomic E-state index is -0.0370. The number of carbonyl (C=O) groups is 1. The summed E-state index contributed by atoms with van der Waals surface area (Å²) in [5, 5.41) is 0. The van der Waals surface area contributed by atoms with Gasteiger partial charge >= 0.3 is 0 Å². The third-order valence-corrected chi connectivity index (χ3v) is 6.10. The minimum Gasteiger partial charge on any atom is -0.373 e. The SMILES string of the molecule is Cc1cc(C)cc(CN2CC[C@@]3(C[C@H](N4CCCC4=O)CCO3)C2)c1. The summed E-state index contributed by atoms with van der Waals surface area (Å²) < 4.78 is 6.29. The number of rotatable bonds is 3. The lowest BCUT2D eigenvalue weighted by Gasteiger charge is -2.41. The third-order valence-electron chi connectivity index (χ3n) is 6.10. The van der Waals surface area contributed by atoms with Crippen LogP contribution in [-0.2, 0) is 16.1 Å². The second-order valence-corrected chi connectivity index (χ2v) is 8.33. The predicted molar refractivity (Wildman–Crippen MR) is 98.5 cm³/mol. The molecule has 3 saturated heterocycles. The fraction of sp³-hybridized carbons (Fsp3) is 0.667. The van der Waals surface area contributed by atoms with Crippen molar-refractivity contribution in [3.05, 3.63) is 34.9 Å². The molecule has 3 aliphatic rings. The van der Waals surface area contributed by atoms with E-state index in [0.29, 0.717) is 11.9 Å². The first-order chi connectivity index (χ1) is 12.0. The second-order valence-electron chi connectivity index (χ2n) is 8.33. The van der Waals surface area contributed by atoms with Crippen molar-refractivity contribution in [1.29, 1.82) is 0 Å². The van der Waals surface area contributed by atoms with E-state index >= 15 is 0 Å². The summed E-state index contributed by atoms with van der Waals surface area (Å²) in [6.45, 7) is 9.18. The van der Waals surface area contributed by atoms with E-state index < -0.39 is 0 Å². The van der Waals surface area contributed by atoms with Crippen molar-refractivity contribution >= 4 is 5.91 Å². The Kier molecular flexibility index (Phi) is 4.59. The Morgan fingerprint density at radius 3 is 2.72 bits per heavy atom. The monoisotopic (exact) mass is 342 g/mol. The fourth-order valence-electron chi connectivity index (χ4n) is 5.09. The molecule has 1 aromatic carbocycles. The number of nitrogens with zero attached hydrogens (tertiary/aromatic N) is 2. The molecular weight excluding hydrogens is 312 g/mol. The van der Waals surface area contributed by atoms with Gasteiger partial charge < -0.3 is 9.64 Å². The van der Waals surface area contributed by atoms with Crippen LogP contribution in [-0.4, -0.2) is 53.6 Å². The highest BCUT2D eigenvalue weighted by Gasteiger charge is 2.45. The molecule has 1 aromatic rings. The number of aryl methyl sites for hydroxylation is 2. The van der Waals surface area contributed by atoms with Crippen molar-refractivity contribution in [1.82, 2.24) is 9.80 Å². The van der Waals surface area contributed by atoms with Gasteiger partial charge in [0.15, 0.2) is 0 Å². The van der Waals surface area contributed by atoms with Crippen LogP contribution in [0.1, 0.15) is 48.8 Å².